The van der Waals surface area contributed by atoms with Gasteiger partial charge in [-0.2, -0.15) is 13.2 Å². The van der Waals surface area contributed by atoms with Crippen molar-refractivity contribution in [2.75, 3.05) is 39.4 Å². The predicted molar refractivity (Wildman–Crippen MR) is 82.2 cm³/mol. The number of ether oxygens (including phenoxy) is 1. The zero-order chi connectivity index (χ0) is 17.2. The molecule has 1 aromatic rings. The highest BCUT2D eigenvalue weighted by atomic mass is 19.4. The molecule has 1 aromatic carbocycles. The molecule has 0 bridgehead atoms. The number of hydrogen-bond acceptors (Lipinski definition) is 3. The molecule has 4 nitrogen and oxygen atoms in total. The maximum absolute atomic E-state index is 12.8. The summed E-state index contributed by atoms with van der Waals surface area (Å²) in [6.45, 7) is 4.19. The first-order valence-corrected chi connectivity index (χ1v) is 8.18. The Morgan fingerprint density at radius 2 is 1.96 bits per heavy atom. The van der Waals surface area contributed by atoms with Crippen molar-refractivity contribution in [2.45, 2.75) is 19.1 Å². The third-order valence-corrected chi connectivity index (χ3v) is 4.60. The van der Waals surface area contributed by atoms with Crippen molar-refractivity contribution in [1.29, 1.82) is 0 Å². The molecule has 2 saturated heterocycles. The first kappa shape index (κ1) is 17.2. The van der Waals surface area contributed by atoms with E-state index in [9.17, 15) is 18.0 Å². The Labute approximate surface area is 139 Å². The largest absolute Gasteiger partial charge is 0.416 e. The molecule has 0 radical (unpaired) electrons. The predicted octanol–water partition coefficient (Wildman–Crippen LogP) is 2.39. The summed E-state index contributed by atoms with van der Waals surface area (Å²) in [6, 6.07) is 5.41. The Bertz CT molecular complexity index is 585. The summed E-state index contributed by atoms with van der Waals surface area (Å²) < 4.78 is 43.6. The van der Waals surface area contributed by atoms with Gasteiger partial charge in [0.1, 0.15) is 0 Å². The van der Waals surface area contributed by atoms with Crippen LogP contribution in [-0.4, -0.2) is 55.1 Å². The monoisotopic (exact) mass is 342 g/mol. The van der Waals surface area contributed by atoms with Crippen LogP contribution in [0.3, 0.4) is 0 Å². The Kier molecular flexibility index (Phi) is 5.10. The van der Waals surface area contributed by atoms with E-state index in [-0.39, 0.29) is 11.8 Å². The molecule has 0 saturated carbocycles. The number of carbonyl (C=O) groups excluding carboxylic acids is 1. The van der Waals surface area contributed by atoms with Gasteiger partial charge in [0, 0.05) is 26.2 Å². The molecule has 2 fully saturated rings. The van der Waals surface area contributed by atoms with Crippen molar-refractivity contribution in [2.24, 2.45) is 5.92 Å². The van der Waals surface area contributed by atoms with Gasteiger partial charge < -0.3 is 9.64 Å². The summed E-state index contributed by atoms with van der Waals surface area (Å²) >= 11 is 0. The SMILES string of the molecule is O=C(C1CCN(Cc2cccc(C(F)(F)F)c2)C1)N1CCOCC1. The van der Waals surface area contributed by atoms with Crippen LogP contribution in [0.1, 0.15) is 17.5 Å². The van der Waals surface area contributed by atoms with Gasteiger partial charge in [-0.25, -0.2) is 0 Å². The molecule has 2 aliphatic heterocycles. The summed E-state index contributed by atoms with van der Waals surface area (Å²) in [5, 5.41) is 0. The molecule has 7 heteroatoms. The Morgan fingerprint density at radius 3 is 2.67 bits per heavy atom. The number of alkyl halides is 3. The third kappa shape index (κ3) is 4.08. The van der Waals surface area contributed by atoms with E-state index < -0.39 is 11.7 Å². The number of likely N-dealkylation sites (tertiary alicyclic amines) is 1. The molecule has 0 aliphatic carbocycles. The quantitative estimate of drug-likeness (QED) is 0.846. The molecule has 0 N–H and O–H groups in total. The number of morpholine rings is 1. The van der Waals surface area contributed by atoms with Crippen molar-refractivity contribution >= 4 is 5.91 Å². The molecule has 0 aromatic heterocycles. The summed E-state index contributed by atoms with van der Waals surface area (Å²) in [6.07, 6.45) is -3.56. The number of amides is 1. The van der Waals surface area contributed by atoms with Crippen LogP contribution in [0.4, 0.5) is 13.2 Å². The summed E-state index contributed by atoms with van der Waals surface area (Å²) in [5.74, 6) is 0.0822. The van der Waals surface area contributed by atoms with E-state index in [2.05, 4.69) is 4.90 Å². The van der Waals surface area contributed by atoms with Crippen LogP contribution in [0.25, 0.3) is 0 Å². The second kappa shape index (κ2) is 7.11. The summed E-state index contributed by atoms with van der Waals surface area (Å²) in [7, 11) is 0. The highest BCUT2D eigenvalue weighted by Gasteiger charge is 2.33. The number of rotatable bonds is 3. The van der Waals surface area contributed by atoms with Crippen molar-refractivity contribution in [1.82, 2.24) is 9.80 Å². The smallest absolute Gasteiger partial charge is 0.378 e. The molecule has 2 aliphatic rings. The normalized spacial score (nSPS) is 22.8. The maximum Gasteiger partial charge on any atom is 0.416 e. The lowest BCUT2D eigenvalue weighted by atomic mass is 10.1. The Morgan fingerprint density at radius 1 is 1.21 bits per heavy atom. The van der Waals surface area contributed by atoms with Crippen LogP contribution in [0.2, 0.25) is 0 Å². The Hall–Kier alpha value is -1.60. The van der Waals surface area contributed by atoms with E-state index in [1.54, 1.807) is 6.07 Å². The van der Waals surface area contributed by atoms with Crippen molar-refractivity contribution in [3.8, 4) is 0 Å². The van der Waals surface area contributed by atoms with E-state index in [0.717, 1.165) is 19.0 Å². The summed E-state index contributed by atoms with van der Waals surface area (Å²) in [4.78, 5) is 16.4. The fourth-order valence-corrected chi connectivity index (χ4v) is 3.32. The fourth-order valence-electron chi connectivity index (χ4n) is 3.32. The van der Waals surface area contributed by atoms with Crippen LogP contribution in [0.5, 0.6) is 0 Å². The second-order valence-electron chi connectivity index (χ2n) is 6.36. The van der Waals surface area contributed by atoms with Gasteiger partial charge in [0.15, 0.2) is 0 Å². The minimum Gasteiger partial charge on any atom is -0.378 e. The number of hydrogen-bond donors (Lipinski definition) is 0. The average Bonchev–Trinajstić information content (AvgIpc) is 3.03. The first-order chi connectivity index (χ1) is 11.4. The van der Waals surface area contributed by atoms with E-state index in [0.29, 0.717) is 45.0 Å². The lowest BCUT2D eigenvalue weighted by Crippen LogP contribution is -2.44. The number of halogens is 3. The highest BCUT2D eigenvalue weighted by Crippen LogP contribution is 2.30. The van der Waals surface area contributed by atoms with Gasteiger partial charge in [-0.05, 0) is 24.6 Å². The van der Waals surface area contributed by atoms with Crippen LogP contribution >= 0.6 is 0 Å². The van der Waals surface area contributed by atoms with Crippen LogP contribution in [-0.2, 0) is 22.3 Å². The highest BCUT2D eigenvalue weighted by molar-refractivity contribution is 5.79. The molecule has 132 valence electrons. The zero-order valence-electron chi connectivity index (χ0n) is 13.4. The molecule has 1 atom stereocenters. The van der Waals surface area contributed by atoms with E-state index in [1.165, 1.54) is 12.1 Å². The maximum atomic E-state index is 12.8. The number of benzene rings is 1. The number of nitrogens with zero attached hydrogens (tertiary/aromatic N) is 2. The standard InChI is InChI=1S/C17H21F3N2O2/c18-17(19,20)15-3-1-2-13(10-15)11-21-5-4-14(12-21)16(23)22-6-8-24-9-7-22/h1-3,10,14H,4-9,11-12H2. The first-order valence-electron chi connectivity index (χ1n) is 8.18. The molecule has 0 spiro atoms. The molecule has 1 unspecified atom stereocenters. The van der Waals surface area contributed by atoms with Gasteiger partial charge in [0.05, 0.1) is 24.7 Å². The lowest BCUT2D eigenvalue weighted by Gasteiger charge is -2.29. The van der Waals surface area contributed by atoms with Crippen LogP contribution < -0.4 is 0 Å². The van der Waals surface area contributed by atoms with E-state index in [4.69, 9.17) is 4.74 Å². The average molecular weight is 342 g/mol. The van der Waals surface area contributed by atoms with Gasteiger partial charge in [0.25, 0.3) is 0 Å². The molecule has 2 heterocycles. The number of carbonyl (C=O) groups is 1. The van der Waals surface area contributed by atoms with Crippen molar-refractivity contribution in [3.05, 3.63) is 35.4 Å². The topological polar surface area (TPSA) is 32.8 Å². The lowest BCUT2D eigenvalue weighted by molar-refractivity contribution is -0.139. The zero-order valence-corrected chi connectivity index (χ0v) is 13.4. The minimum atomic E-state index is -4.32. The third-order valence-electron chi connectivity index (χ3n) is 4.60. The van der Waals surface area contributed by atoms with Gasteiger partial charge in [-0.3, -0.25) is 9.69 Å². The fraction of sp³-hybridized carbons (Fsp3) is 0.588. The van der Waals surface area contributed by atoms with Gasteiger partial charge in [0.2, 0.25) is 5.91 Å². The molecule has 24 heavy (non-hydrogen) atoms. The van der Waals surface area contributed by atoms with Crippen LogP contribution in [0, 0.1) is 5.92 Å². The van der Waals surface area contributed by atoms with Gasteiger partial charge in [-0.15, -0.1) is 0 Å². The van der Waals surface area contributed by atoms with Crippen molar-refractivity contribution < 1.29 is 22.7 Å². The van der Waals surface area contributed by atoms with Gasteiger partial charge in [-0.1, -0.05) is 18.2 Å². The minimum absolute atomic E-state index is 0.0612. The molecule has 3 rings (SSSR count). The molecule has 1 amide bonds. The van der Waals surface area contributed by atoms with E-state index >= 15 is 0 Å². The Balaban J connectivity index is 1.57. The second-order valence-corrected chi connectivity index (χ2v) is 6.36. The molecular formula is C17H21F3N2O2. The molecular weight excluding hydrogens is 321 g/mol. The van der Waals surface area contributed by atoms with Gasteiger partial charge >= 0.3 is 6.18 Å². The van der Waals surface area contributed by atoms with Crippen LogP contribution in [0.15, 0.2) is 24.3 Å². The summed E-state index contributed by atoms with van der Waals surface area (Å²) in [5.41, 5.74) is 0.00411. The van der Waals surface area contributed by atoms with Crippen molar-refractivity contribution in [3.63, 3.8) is 0 Å². The van der Waals surface area contributed by atoms with E-state index in [1.807, 2.05) is 4.90 Å².